The Morgan fingerprint density at radius 3 is 2.64 bits per heavy atom. The maximum absolute atomic E-state index is 14.0. The van der Waals surface area contributed by atoms with E-state index in [1.165, 1.54) is 11.8 Å². The molecule has 0 bridgehead atoms. The minimum Gasteiger partial charge on any atom is -0.493 e. The maximum atomic E-state index is 14.0. The lowest BCUT2D eigenvalue weighted by Crippen LogP contribution is -2.31. The number of carbonyl (C=O) groups is 1. The number of halogens is 2. The van der Waals surface area contributed by atoms with Crippen LogP contribution in [0.1, 0.15) is 49.9 Å². The maximum Gasteiger partial charge on any atom is 0.255 e. The molecule has 4 aromatic rings. The van der Waals surface area contributed by atoms with Crippen LogP contribution >= 0.6 is 39.3 Å². The molecule has 44 heavy (non-hydrogen) atoms. The van der Waals surface area contributed by atoms with Gasteiger partial charge in [0.15, 0.2) is 11.5 Å². The first-order valence-electron chi connectivity index (χ1n) is 14.3. The first kappa shape index (κ1) is 31.9. The fraction of sp³-hybridized carbons (Fsp3) is 0.303. The molecule has 0 aliphatic carbocycles. The van der Waals surface area contributed by atoms with E-state index < -0.39 is 6.04 Å². The van der Waals surface area contributed by atoms with Gasteiger partial charge in [-0.05, 0) is 83.1 Å². The Morgan fingerprint density at radius 1 is 1.16 bits per heavy atom. The van der Waals surface area contributed by atoms with Gasteiger partial charge in [-0.3, -0.25) is 4.79 Å². The van der Waals surface area contributed by atoms with Gasteiger partial charge in [-0.1, -0.05) is 73.6 Å². The molecule has 5 rings (SSSR count). The number of methoxy groups -OCH3 is 1. The van der Waals surface area contributed by atoms with Gasteiger partial charge in [0.05, 0.1) is 23.8 Å². The zero-order chi connectivity index (χ0) is 31.4. The van der Waals surface area contributed by atoms with Crippen LogP contribution in [-0.4, -0.2) is 34.4 Å². The molecule has 1 amide bonds. The summed E-state index contributed by atoms with van der Waals surface area (Å²) < 4.78 is 14.4. The predicted molar refractivity (Wildman–Crippen MR) is 181 cm³/mol. The van der Waals surface area contributed by atoms with Gasteiger partial charge in [0.25, 0.3) is 5.91 Å². The van der Waals surface area contributed by atoms with Gasteiger partial charge in [-0.2, -0.15) is 4.98 Å². The molecule has 0 fully saturated rings. The zero-order valence-corrected chi connectivity index (χ0v) is 28.4. The normalized spacial score (nSPS) is 14.3. The van der Waals surface area contributed by atoms with E-state index in [0.29, 0.717) is 57.2 Å². The van der Waals surface area contributed by atoms with E-state index in [-0.39, 0.29) is 5.91 Å². The number of hydrogen-bond acceptors (Lipinski definition) is 7. The third-order valence-electron chi connectivity index (χ3n) is 7.29. The fourth-order valence-electron chi connectivity index (χ4n) is 4.89. The Bertz CT molecular complexity index is 1710. The van der Waals surface area contributed by atoms with Crippen LogP contribution in [0.3, 0.4) is 0 Å². The Labute approximate surface area is 275 Å². The number of aromatic nitrogens is 3. The highest BCUT2D eigenvalue weighted by molar-refractivity contribution is 9.10. The molecular weight excluding hydrogens is 662 g/mol. The van der Waals surface area contributed by atoms with E-state index in [9.17, 15) is 4.79 Å². The monoisotopic (exact) mass is 695 g/mol. The lowest BCUT2D eigenvalue weighted by molar-refractivity contribution is -0.113. The van der Waals surface area contributed by atoms with E-state index in [4.69, 9.17) is 31.2 Å². The summed E-state index contributed by atoms with van der Waals surface area (Å²) in [5.41, 5.74) is 4.67. The van der Waals surface area contributed by atoms with Crippen LogP contribution in [0.4, 0.5) is 11.6 Å². The topological polar surface area (TPSA) is 90.3 Å². The zero-order valence-electron chi connectivity index (χ0n) is 25.3. The highest BCUT2D eigenvalue weighted by atomic mass is 79.9. The van der Waals surface area contributed by atoms with Gasteiger partial charge in [-0.25, -0.2) is 4.68 Å². The Morgan fingerprint density at radius 2 is 1.91 bits per heavy atom. The summed E-state index contributed by atoms with van der Waals surface area (Å²) in [4.78, 5) is 18.8. The minimum absolute atomic E-state index is 0.243. The molecule has 230 valence electrons. The molecule has 0 saturated carbocycles. The molecule has 1 aliphatic rings. The van der Waals surface area contributed by atoms with Crippen molar-refractivity contribution in [3.05, 3.63) is 98.1 Å². The van der Waals surface area contributed by atoms with E-state index in [2.05, 4.69) is 40.4 Å². The summed E-state index contributed by atoms with van der Waals surface area (Å²) in [5.74, 6) is 2.58. The summed E-state index contributed by atoms with van der Waals surface area (Å²) in [7, 11) is 1.61. The fourth-order valence-corrected chi connectivity index (χ4v) is 6.58. The van der Waals surface area contributed by atoms with E-state index in [1.54, 1.807) is 11.8 Å². The second kappa shape index (κ2) is 14.1. The number of nitrogens with zero attached hydrogens (tertiary/aromatic N) is 3. The van der Waals surface area contributed by atoms with Crippen molar-refractivity contribution in [3.8, 4) is 11.5 Å². The molecule has 11 heteroatoms. The van der Waals surface area contributed by atoms with Crippen molar-refractivity contribution in [2.45, 2.75) is 51.1 Å². The number of thioether (sulfide) groups is 1. The first-order valence-corrected chi connectivity index (χ1v) is 16.5. The number of fused-ring (bicyclic) bond motifs is 1. The molecule has 8 nitrogen and oxygen atoms in total. The van der Waals surface area contributed by atoms with Crippen molar-refractivity contribution in [1.82, 2.24) is 14.8 Å². The van der Waals surface area contributed by atoms with Crippen LogP contribution in [-0.2, 0) is 10.5 Å². The number of nitrogens with one attached hydrogen (secondary N) is 2. The third-order valence-corrected chi connectivity index (χ3v) is 9.14. The number of ether oxygens (including phenoxy) is 2. The Kier molecular flexibility index (Phi) is 10.2. The van der Waals surface area contributed by atoms with Gasteiger partial charge >= 0.3 is 0 Å². The summed E-state index contributed by atoms with van der Waals surface area (Å²) in [6.07, 6.45) is 0.910. The molecule has 1 aromatic heterocycles. The minimum atomic E-state index is -0.604. The van der Waals surface area contributed by atoms with Crippen molar-refractivity contribution in [3.63, 3.8) is 0 Å². The number of benzene rings is 3. The number of hydrogen-bond donors (Lipinski definition) is 2. The van der Waals surface area contributed by atoms with Crippen LogP contribution in [0.15, 0.2) is 81.6 Å². The van der Waals surface area contributed by atoms with Gasteiger partial charge in [-0.15, -0.1) is 5.10 Å². The molecule has 2 N–H and O–H groups in total. The van der Waals surface area contributed by atoms with Crippen molar-refractivity contribution in [2.75, 3.05) is 24.4 Å². The smallest absolute Gasteiger partial charge is 0.255 e. The van der Waals surface area contributed by atoms with Crippen molar-refractivity contribution < 1.29 is 14.3 Å². The molecule has 3 aromatic carbocycles. The highest BCUT2D eigenvalue weighted by Crippen LogP contribution is 2.43. The molecule has 1 aliphatic heterocycles. The van der Waals surface area contributed by atoms with Crippen LogP contribution in [0.5, 0.6) is 11.5 Å². The number of allylic oxidation sites excluding steroid dienone is 1. The first-order chi connectivity index (χ1) is 21.2. The lowest BCUT2D eigenvalue weighted by Gasteiger charge is -2.29. The van der Waals surface area contributed by atoms with Crippen LogP contribution in [0.2, 0.25) is 5.02 Å². The van der Waals surface area contributed by atoms with Crippen LogP contribution < -0.4 is 20.1 Å². The number of amides is 1. The van der Waals surface area contributed by atoms with E-state index >= 15 is 0 Å². The highest BCUT2D eigenvalue weighted by Gasteiger charge is 2.35. The summed E-state index contributed by atoms with van der Waals surface area (Å²) in [6, 6.07) is 18.7. The van der Waals surface area contributed by atoms with Crippen LogP contribution in [0, 0.1) is 12.8 Å². The number of carbonyl (C=O) groups excluding carboxylic acids is 1. The molecule has 0 spiro atoms. The summed E-state index contributed by atoms with van der Waals surface area (Å²) >= 11 is 11.6. The molecule has 1 atom stereocenters. The number of aryl methyl sites for hydroxylation is 1. The number of anilines is 2. The molecule has 1 unspecified atom stereocenters. The quantitative estimate of drug-likeness (QED) is 0.152. The predicted octanol–water partition coefficient (Wildman–Crippen LogP) is 8.66. The Hall–Kier alpha value is -3.47. The average Bonchev–Trinajstić information content (AvgIpc) is 3.39. The van der Waals surface area contributed by atoms with Gasteiger partial charge in [0.1, 0.15) is 6.04 Å². The van der Waals surface area contributed by atoms with Gasteiger partial charge < -0.3 is 20.1 Å². The number of para-hydroxylation sites is 1. The SMILES string of the molecule is COc1cc(C2C(C(=O)Nc3ccccc3C)=C(C)Nc3nc(SCc4ccccc4Cl)nn32)cc(Br)c1OCCC(C)C. The lowest BCUT2D eigenvalue weighted by atomic mass is 9.94. The molecular formula is C33H35BrClN5O3S. The van der Waals surface area contributed by atoms with E-state index in [1.807, 2.05) is 74.5 Å². The van der Waals surface area contributed by atoms with Crippen molar-refractivity contribution >= 4 is 56.8 Å². The average molecular weight is 697 g/mol. The largest absolute Gasteiger partial charge is 0.493 e. The van der Waals surface area contributed by atoms with Gasteiger partial charge in [0, 0.05) is 22.2 Å². The summed E-state index contributed by atoms with van der Waals surface area (Å²) in [6.45, 7) is 8.72. The van der Waals surface area contributed by atoms with Crippen molar-refractivity contribution in [2.24, 2.45) is 5.92 Å². The molecule has 0 radical (unpaired) electrons. The Balaban J connectivity index is 1.55. The van der Waals surface area contributed by atoms with Crippen molar-refractivity contribution in [1.29, 1.82) is 0 Å². The second-order valence-corrected chi connectivity index (χ2v) is 13.1. The standard InChI is InChI=1S/C33H35BrClN5O3S/c1-19(2)14-15-43-30-24(34)16-23(17-27(30)42-5)29-28(31(41)37-26-13-9-6-10-20(26)3)21(4)36-32-38-33(39-40(29)32)44-18-22-11-7-8-12-25(22)35/h6-13,16-17,19,29H,14-15,18H2,1-5H3,(H,37,41)(H,36,38,39). The summed E-state index contributed by atoms with van der Waals surface area (Å²) in [5, 5.41) is 12.6. The van der Waals surface area contributed by atoms with Crippen LogP contribution in [0.25, 0.3) is 0 Å². The second-order valence-electron chi connectivity index (χ2n) is 10.9. The molecule has 0 saturated heterocycles. The van der Waals surface area contributed by atoms with Gasteiger partial charge in [0.2, 0.25) is 11.1 Å². The number of rotatable bonds is 11. The molecule has 2 heterocycles. The van der Waals surface area contributed by atoms with E-state index in [0.717, 1.165) is 33.3 Å². The third kappa shape index (κ3) is 7.08.